The molecule has 0 aliphatic rings. The number of unbranched alkanes of at least 4 members (excludes halogenated alkanes) is 1. The molecule has 3 nitrogen and oxygen atoms in total. The molecular weight excluding hydrogens is 292 g/mol. The van der Waals surface area contributed by atoms with Crippen LogP contribution < -0.4 is 5.32 Å². The molecule has 22 heavy (non-hydrogen) atoms. The number of aryl methyl sites for hydroxylation is 1. The van der Waals surface area contributed by atoms with Gasteiger partial charge in [0.1, 0.15) is 0 Å². The van der Waals surface area contributed by atoms with E-state index in [-0.39, 0.29) is 0 Å². The van der Waals surface area contributed by atoms with Crippen LogP contribution >= 0.6 is 11.3 Å². The molecule has 1 unspecified atom stereocenters. The second-order valence-electron chi connectivity index (χ2n) is 6.03. The van der Waals surface area contributed by atoms with Gasteiger partial charge in [-0.15, -0.1) is 11.3 Å². The van der Waals surface area contributed by atoms with Gasteiger partial charge in [0.25, 0.3) is 0 Å². The Bertz CT molecular complexity index is 633. The molecule has 120 valence electrons. The first-order valence-electron chi connectivity index (χ1n) is 7.92. The molecule has 0 spiro atoms. The van der Waals surface area contributed by atoms with Crippen LogP contribution in [0.15, 0.2) is 24.3 Å². The van der Waals surface area contributed by atoms with Gasteiger partial charge in [-0.25, -0.2) is 0 Å². The normalized spacial score (nSPS) is 13.0. The number of nitrogens with one attached hydrogen (secondary N) is 1. The van der Waals surface area contributed by atoms with E-state index in [0.29, 0.717) is 18.4 Å². The molecule has 1 atom stereocenters. The largest absolute Gasteiger partial charge is 0.302 e. The molecule has 0 radical (unpaired) electrons. The summed E-state index contributed by atoms with van der Waals surface area (Å²) in [5, 5.41) is 4.67. The molecule has 2 rings (SSSR count). The van der Waals surface area contributed by atoms with E-state index in [4.69, 9.17) is 0 Å². The fourth-order valence-corrected chi connectivity index (χ4v) is 3.63. The van der Waals surface area contributed by atoms with Crippen molar-refractivity contribution in [1.29, 1.82) is 0 Å². The fraction of sp³-hybridized carbons (Fsp3) is 0.500. The number of fused-ring (bicyclic) bond motifs is 1. The number of carbonyl (C=O) groups is 1. The van der Waals surface area contributed by atoms with Crippen LogP contribution in [0, 0.1) is 6.92 Å². The summed E-state index contributed by atoms with van der Waals surface area (Å²) in [5.41, 5.74) is 1.14. The van der Waals surface area contributed by atoms with Gasteiger partial charge in [-0.2, -0.15) is 0 Å². The minimum Gasteiger partial charge on any atom is -0.302 e. The lowest BCUT2D eigenvalue weighted by Gasteiger charge is -2.20. The van der Waals surface area contributed by atoms with Crippen LogP contribution in [0.25, 0.3) is 10.1 Å². The van der Waals surface area contributed by atoms with Gasteiger partial charge in [-0.3, -0.25) is 9.69 Å². The molecule has 1 aromatic carbocycles. The van der Waals surface area contributed by atoms with E-state index in [9.17, 15) is 4.79 Å². The average molecular weight is 318 g/mol. The van der Waals surface area contributed by atoms with Crippen LogP contribution in [0.1, 0.15) is 41.4 Å². The highest BCUT2D eigenvalue weighted by Gasteiger charge is 2.14. The van der Waals surface area contributed by atoms with Crippen LogP contribution in [0.5, 0.6) is 0 Å². The van der Waals surface area contributed by atoms with Crippen molar-refractivity contribution in [3.63, 3.8) is 0 Å². The number of carbonyl (C=O) groups excluding carboxylic acids is 1. The second kappa shape index (κ2) is 7.86. The monoisotopic (exact) mass is 318 g/mol. The van der Waals surface area contributed by atoms with Crippen LogP contribution in [0.3, 0.4) is 0 Å². The lowest BCUT2D eigenvalue weighted by atomic mass is 10.1. The minimum atomic E-state index is 0.291. The Kier molecular flexibility index (Phi) is 6.12. The molecule has 2 aromatic rings. The van der Waals surface area contributed by atoms with Gasteiger partial charge in [-0.1, -0.05) is 18.2 Å². The van der Waals surface area contributed by atoms with Gasteiger partial charge in [0.05, 0.1) is 11.0 Å². The zero-order valence-electron chi connectivity index (χ0n) is 14.0. The number of ketones is 1. The number of rotatable bonds is 8. The zero-order valence-corrected chi connectivity index (χ0v) is 14.8. The summed E-state index contributed by atoms with van der Waals surface area (Å²) in [4.78, 5) is 15.5. The summed E-state index contributed by atoms with van der Waals surface area (Å²) in [7, 11) is 4.12. The zero-order chi connectivity index (χ0) is 16.1. The van der Waals surface area contributed by atoms with Crippen molar-refractivity contribution in [3.8, 4) is 0 Å². The van der Waals surface area contributed by atoms with Gasteiger partial charge >= 0.3 is 0 Å². The Morgan fingerprint density at radius 3 is 2.68 bits per heavy atom. The number of hydrogen-bond acceptors (Lipinski definition) is 4. The third-order valence-electron chi connectivity index (χ3n) is 4.14. The number of nitrogens with zero attached hydrogens (tertiary/aromatic N) is 1. The quantitative estimate of drug-likeness (QED) is 0.452. The predicted octanol–water partition coefficient (Wildman–Crippen LogP) is 4.06. The van der Waals surface area contributed by atoms with Crippen molar-refractivity contribution in [3.05, 3.63) is 34.7 Å². The van der Waals surface area contributed by atoms with Crippen molar-refractivity contribution < 1.29 is 4.79 Å². The third-order valence-corrected chi connectivity index (χ3v) is 5.46. The van der Waals surface area contributed by atoms with Gasteiger partial charge < -0.3 is 5.32 Å². The van der Waals surface area contributed by atoms with Crippen LogP contribution in [0.2, 0.25) is 0 Å². The van der Waals surface area contributed by atoms with E-state index in [1.165, 1.54) is 10.1 Å². The Balaban J connectivity index is 1.83. The Morgan fingerprint density at radius 2 is 2.00 bits per heavy atom. The molecule has 0 aliphatic heterocycles. The SMILES string of the molecule is Cc1c(C(=O)CCCCNC(C)N(C)C)sc2ccccc12. The number of thiophene rings is 1. The van der Waals surface area contributed by atoms with E-state index >= 15 is 0 Å². The van der Waals surface area contributed by atoms with Crippen molar-refractivity contribution >= 4 is 27.2 Å². The Hall–Kier alpha value is -1.23. The molecule has 0 saturated carbocycles. The summed E-state index contributed by atoms with van der Waals surface area (Å²) in [6, 6.07) is 8.26. The number of benzene rings is 1. The van der Waals surface area contributed by atoms with Gasteiger partial charge in [0.2, 0.25) is 0 Å². The number of Topliss-reactive ketones (excluding diaryl/α,β-unsaturated/α-hetero) is 1. The van der Waals surface area contributed by atoms with Gasteiger partial charge in [0, 0.05) is 11.1 Å². The molecule has 1 aromatic heterocycles. The summed E-state index contributed by atoms with van der Waals surface area (Å²) in [6.07, 6.45) is 3.00. The van der Waals surface area contributed by atoms with Crippen molar-refractivity contribution in [2.75, 3.05) is 20.6 Å². The molecule has 0 aliphatic carbocycles. The van der Waals surface area contributed by atoms with Gasteiger partial charge in [-0.05, 0) is 64.3 Å². The summed E-state index contributed by atoms with van der Waals surface area (Å²) < 4.78 is 1.21. The standard InChI is InChI=1S/C18H26N2OS/c1-13-15-9-5-6-11-17(15)22-18(13)16(21)10-7-8-12-19-14(2)20(3)4/h5-6,9,11,14,19H,7-8,10,12H2,1-4H3. The molecule has 0 saturated heterocycles. The lowest BCUT2D eigenvalue weighted by molar-refractivity contribution is 0.0982. The smallest absolute Gasteiger partial charge is 0.173 e. The molecule has 0 bridgehead atoms. The topological polar surface area (TPSA) is 32.3 Å². The molecule has 0 amide bonds. The number of hydrogen-bond donors (Lipinski definition) is 1. The first kappa shape index (κ1) is 17.1. The highest BCUT2D eigenvalue weighted by molar-refractivity contribution is 7.21. The van der Waals surface area contributed by atoms with Crippen LogP contribution in [-0.2, 0) is 0 Å². The van der Waals surface area contributed by atoms with E-state index in [1.54, 1.807) is 11.3 Å². The van der Waals surface area contributed by atoms with E-state index < -0.39 is 0 Å². The van der Waals surface area contributed by atoms with E-state index in [1.807, 2.05) is 12.1 Å². The maximum absolute atomic E-state index is 12.4. The summed E-state index contributed by atoms with van der Waals surface area (Å²) in [6.45, 7) is 5.16. The van der Waals surface area contributed by atoms with Crippen molar-refractivity contribution in [1.82, 2.24) is 10.2 Å². The van der Waals surface area contributed by atoms with Crippen LogP contribution in [0.4, 0.5) is 0 Å². The first-order chi connectivity index (χ1) is 10.5. The third kappa shape index (κ3) is 4.15. The van der Waals surface area contributed by atoms with E-state index in [0.717, 1.165) is 29.8 Å². The fourth-order valence-electron chi connectivity index (χ4n) is 2.46. The Morgan fingerprint density at radius 1 is 1.27 bits per heavy atom. The first-order valence-corrected chi connectivity index (χ1v) is 8.73. The molecule has 1 heterocycles. The van der Waals surface area contributed by atoms with E-state index in [2.05, 4.69) is 50.3 Å². The molecular formula is C18H26N2OS. The summed E-state index contributed by atoms with van der Waals surface area (Å²) in [5.74, 6) is 0.291. The van der Waals surface area contributed by atoms with Crippen LogP contribution in [-0.4, -0.2) is 37.5 Å². The minimum absolute atomic E-state index is 0.291. The summed E-state index contributed by atoms with van der Waals surface area (Å²) >= 11 is 1.63. The molecule has 0 fully saturated rings. The average Bonchev–Trinajstić information content (AvgIpc) is 2.84. The van der Waals surface area contributed by atoms with Gasteiger partial charge in [0.15, 0.2) is 5.78 Å². The Labute approximate surface area is 137 Å². The predicted molar refractivity (Wildman–Crippen MR) is 95.9 cm³/mol. The highest BCUT2D eigenvalue weighted by Crippen LogP contribution is 2.31. The maximum atomic E-state index is 12.4. The highest BCUT2D eigenvalue weighted by atomic mass is 32.1. The second-order valence-corrected chi connectivity index (χ2v) is 7.08. The maximum Gasteiger partial charge on any atom is 0.173 e. The lowest BCUT2D eigenvalue weighted by Crippen LogP contribution is -2.39. The molecule has 4 heteroatoms. The van der Waals surface area contributed by atoms with Crippen molar-refractivity contribution in [2.45, 2.75) is 39.3 Å². The molecule has 1 N–H and O–H groups in total. The van der Waals surface area contributed by atoms with Crippen molar-refractivity contribution in [2.24, 2.45) is 0 Å².